The molecule has 2 nitrogen and oxygen atoms in total. The van der Waals surface area contributed by atoms with Crippen LogP contribution < -0.4 is 9.47 Å². The van der Waals surface area contributed by atoms with Gasteiger partial charge in [0.05, 0.1) is 6.61 Å². The lowest BCUT2D eigenvalue weighted by molar-refractivity contribution is 0.298. The molecule has 1 aliphatic rings. The van der Waals surface area contributed by atoms with Crippen LogP contribution in [0.5, 0.6) is 17.2 Å². The van der Waals surface area contributed by atoms with Crippen LogP contribution in [0.15, 0.2) is 48.5 Å². The molecule has 1 fully saturated rings. The van der Waals surface area contributed by atoms with E-state index in [9.17, 15) is 0 Å². The molecule has 2 heteroatoms. The lowest BCUT2D eigenvalue weighted by atomic mass is 10.2. The maximum atomic E-state index is 5.82. The SMILES string of the molecule is Cc1ccc(Oc2cccc(OCC3CC3)c2)cc1. The third-order valence-electron chi connectivity index (χ3n) is 3.24. The Morgan fingerprint density at radius 2 is 1.68 bits per heavy atom. The van der Waals surface area contributed by atoms with Crippen molar-refractivity contribution < 1.29 is 9.47 Å². The Morgan fingerprint density at radius 1 is 0.947 bits per heavy atom. The number of hydrogen-bond acceptors (Lipinski definition) is 2. The van der Waals surface area contributed by atoms with E-state index < -0.39 is 0 Å². The van der Waals surface area contributed by atoms with Crippen LogP contribution in [-0.2, 0) is 0 Å². The van der Waals surface area contributed by atoms with Gasteiger partial charge in [-0.05, 0) is 49.9 Å². The van der Waals surface area contributed by atoms with Crippen LogP contribution in [0.4, 0.5) is 0 Å². The van der Waals surface area contributed by atoms with Crippen LogP contribution in [0.25, 0.3) is 0 Å². The van der Waals surface area contributed by atoms with Gasteiger partial charge in [0.2, 0.25) is 0 Å². The standard InChI is InChI=1S/C17H18O2/c1-13-5-9-15(10-6-13)19-17-4-2-3-16(11-17)18-12-14-7-8-14/h2-6,9-11,14H,7-8,12H2,1H3. The fourth-order valence-electron chi connectivity index (χ4n) is 1.87. The van der Waals surface area contributed by atoms with Crippen molar-refractivity contribution in [2.24, 2.45) is 5.92 Å². The molecule has 0 bridgehead atoms. The molecule has 0 aromatic heterocycles. The van der Waals surface area contributed by atoms with Gasteiger partial charge in [-0.2, -0.15) is 0 Å². The molecule has 0 atom stereocenters. The molecule has 0 heterocycles. The highest BCUT2D eigenvalue weighted by atomic mass is 16.5. The van der Waals surface area contributed by atoms with Gasteiger partial charge >= 0.3 is 0 Å². The molecular weight excluding hydrogens is 236 g/mol. The summed E-state index contributed by atoms with van der Waals surface area (Å²) >= 11 is 0. The number of rotatable bonds is 5. The number of hydrogen-bond donors (Lipinski definition) is 0. The predicted molar refractivity (Wildman–Crippen MR) is 75.9 cm³/mol. The molecule has 0 aliphatic heterocycles. The Kier molecular flexibility index (Phi) is 3.41. The summed E-state index contributed by atoms with van der Waals surface area (Å²) in [5.41, 5.74) is 1.23. The van der Waals surface area contributed by atoms with E-state index in [1.54, 1.807) is 0 Å². The minimum Gasteiger partial charge on any atom is -0.493 e. The Labute approximate surface area is 114 Å². The van der Waals surface area contributed by atoms with Crippen LogP contribution in [0.3, 0.4) is 0 Å². The molecule has 0 unspecified atom stereocenters. The van der Waals surface area contributed by atoms with Gasteiger partial charge in [-0.25, -0.2) is 0 Å². The molecule has 0 saturated heterocycles. The maximum absolute atomic E-state index is 5.82. The summed E-state index contributed by atoms with van der Waals surface area (Å²) in [7, 11) is 0. The number of benzene rings is 2. The molecule has 98 valence electrons. The smallest absolute Gasteiger partial charge is 0.131 e. The van der Waals surface area contributed by atoms with Crippen molar-refractivity contribution in [2.75, 3.05) is 6.61 Å². The zero-order chi connectivity index (χ0) is 13.1. The highest BCUT2D eigenvalue weighted by Crippen LogP contribution is 2.31. The van der Waals surface area contributed by atoms with Gasteiger partial charge in [0.25, 0.3) is 0 Å². The van der Waals surface area contributed by atoms with Crippen molar-refractivity contribution in [3.8, 4) is 17.2 Å². The first-order valence-electron chi connectivity index (χ1n) is 6.77. The maximum Gasteiger partial charge on any atom is 0.131 e. The van der Waals surface area contributed by atoms with E-state index in [2.05, 4.69) is 6.92 Å². The van der Waals surface area contributed by atoms with E-state index in [-0.39, 0.29) is 0 Å². The average molecular weight is 254 g/mol. The van der Waals surface area contributed by atoms with Crippen LogP contribution in [0, 0.1) is 12.8 Å². The summed E-state index contributed by atoms with van der Waals surface area (Å²) in [6, 6.07) is 15.9. The van der Waals surface area contributed by atoms with Gasteiger partial charge in [-0.3, -0.25) is 0 Å². The molecule has 19 heavy (non-hydrogen) atoms. The summed E-state index contributed by atoms with van der Waals surface area (Å²) in [5, 5.41) is 0. The molecule has 0 radical (unpaired) electrons. The highest BCUT2D eigenvalue weighted by Gasteiger charge is 2.21. The Balaban J connectivity index is 1.66. The molecule has 2 aromatic carbocycles. The summed E-state index contributed by atoms with van der Waals surface area (Å²) in [4.78, 5) is 0. The summed E-state index contributed by atoms with van der Waals surface area (Å²) in [6.45, 7) is 2.89. The van der Waals surface area contributed by atoms with Crippen molar-refractivity contribution >= 4 is 0 Å². The molecule has 1 aliphatic carbocycles. The predicted octanol–water partition coefficient (Wildman–Crippen LogP) is 4.58. The van der Waals surface area contributed by atoms with E-state index in [0.29, 0.717) is 0 Å². The average Bonchev–Trinajstić information content (AvgIpc) is 3.24. The lowest BCUT2D eigenvalue weighted by Crippen LogP contribution is -1.98. The van der Waals surface area contributed by atoms with Gasteiger partial charge in [0, 0.05) is 6.07 Å². The lowest BCUT2D eigenvalue weighted by Gasteiger charge is -2.09. The quantitative estimate of drug-likeness (QED) is 0.777. The zero-order valence-electron chi connectivity index (χ0n) is 11.1. The first-order valence-corrected chi connectivity index (χ1v) is 6.77. The van der Waals surface area contributed by atoms with E-state index in [0.717, 1.165) is 29.8 Å². The number of aryl methyl sites for hydroxylation is 1. The largest absolute Gasteiger partial charge is 0.493 e. The zero-order valence-corrected chi connectivity index (χ0v) is 11.1. The minimum atomic E-state index is 0.765. The topological polar surface area (TPSA) is 18.5 Å². The fourth-order valence-corrected chi connectivity index (χ4v) is 1.87. The van der Waals surface area contributed by atoms with Gasteiger partial charge < -0.3 is 9.47 Å². The third-order valence-corrected chi connectivity index (χ3v) is 3.24. The van der Waals surface area contributed by atoms with Crippen molar-refractivity contribution in [3.63, 3.8) is 0 Å². The second kappa shape index (κ2) is 5.35. The van der Waals surface area contributed by atoms with Crippen LogP contribution in [0.1, 0.15) is 18.4 Å². The van der Waals surface area contributed by atoms with E-state index in [1.165, 1.54) is 18.4 Å². The Hall–Kier alpha value is -1.96. The van der Waals surface area contributed by atoms with Gasteiger partial charge in [-0.1, -0.05) is 23.8 Å². The minimum absolute atomic E-state index is 0.765. The second-order valence-electron chi connectivity index (χ2n) is 5.14. The van der Waals surface area contributed by atoms with Crippen LogP contribution >= 0.6 is 0 Å². The first-order chi connectivity index (χ1) is 9.29. The van der Waals surface area contributed by atoms with Crippen molar-refractivity contribution in [1.29, 1.82) is 0 Å². The van der Waals surface area contributed by atoms with Gasteiger partial charge in [-0.15, -0.1) is 0 Å². The summed E-state index contributed by atoms with van der Waals surface area (Å²) in [5.74, 6) is 3.32. The summed E-state index contributed by atoms with van der Waals surface area (Å²) in [6.07, 6.45) is 2.61. The molecular formula is C17H18O2. The fraction of sp³-hybridized carbons (Fsp3) is 0.294. The van der Waals surface area contributed by atoms with E-state index in [4.69, 9.17) is 9.47 Å². The first kappa shape index (κ1) is 12.1. The molecule has 0 amide bonds. The third kappa shape index (κ3) is 3.50. The number of ether oxygens (including phenoxy) is 2. The molecule has 0 spiro atoms. The highest BCUT2D eigenvalue weighted by molar-refractivity contribution is 5.37. The molecule has 3 rings (SSSR count). The molecule has 2 aromatic rings. The monoisotopic (exact) mass is 254 g/mol. The van der Waals surface area contributed by atoms with Gasteiger partial charge in [0.1, 0.15) is 17.2 Å². The van der Waals surface area contributed by atoms with Crippen molar-refractivity contribution in [1.82, 2.24) is 0 Å². The van der Waals surface area contributed by atoms with E-state index in [1.807, 2.05) is 48.5 Å². The Morgan fingerprint density at radius 3 is 2.42 bits per heavy atom. The molecule has 1 saturated carbocycles. The Bertz CT molecular complexity index is 541. The normalized spacial score (nSPS) is 14.2. The van der Waals surface area contributed by atoms with Crippen molar-refractivity contribution in [3.05, 3.63) is 54.1 Å². The van der Waals surface area contributed by atoms with Crippen LogP contribution in [-0.4, -0.2) is 6.61 Å². The molecule has 0 N–H and O–H groups in total. The summed E-state index contributed by atoms with van der Waals surface area (Å²) < 4.78 is 11.6. The van der Waals surface area contributed by atoms with Crippen LogP contribution in [0.2, 0.25) is 0 Å². The van der Waals surface area contributed by atoms with E-state index >= 15 is 0 Å². The van der Waals surface area contributed by atoms with Crippen molar-refractivity contribution in [2.45, 2.75) is 19.8 Å². The van der Waals surface area contributed by atoms with Gasteiger partial charge in [0.15, 0.2) is 0 Å². The second-order valence-corrected chi connectivity index (χ2v) is 5.14.